The highest BCUT2D eigenvalue weighted by Crippen LogP contribution is 2.50. The minimum atomic E-state index is 0.207. The van der Waals surface area contributed by atoms with E-state index in [0.29, 0.717) is 5.41 Å². The number of amides is 1. The lowest BCUT2D eigenvalue weighted by Gasteiger charge is -2.24. The number of nitrogens with one attached hydrogen (secondary N) is 2. The van der Waals surface area contributed by atoms with E-state index < -0.39 is 0 Å². The Morgan fingerprint density at radius 3 is 2.76 bits per heavy atom. The predicted molar refractivity (Wildman–Crippen MR) is 69.7 cm³/mol. The Balaban J connectivity index is 1.72. The Hall–Kier alpha value is -0.570. The van der Waals surface area contributed by atoms with Crippen LogP contribution in [0.25, 0.3) is 0 Å². The molecule has 0 aromatic rings. The van der Waals surface area contributed by atoms with Crippen molar-refractivity contribution in [3.05, 3.63) is 0 Å². The monoisotopic (exact) mass is 238 g/mol. The standard InChI is InChI=1S/C14H26N2O/c1-11(2)8-14(5-6-14)10-16-13(17)12-4-3-7-15-9-12/h11-12,15H,3-10H2,1-2H3,(H,16,17). The van der Waals surface area contributed by atoms with E-state index in [9.17, 15) is 4.79 Å². The fourth-order valence-electron chi connectivity index (χ4n) is 2.99. The van der Waals surface area contributed by atoms with Crippen molar-refractivity contribution in [2.24, 2.45) is 17.3 Å². The van der Waals surface area contributed by atoms with E-state index in [1.165, 1.54) is 19.3 Å². The maximum atomic E-state index is 12.0. The molecule has 0 radical (unpaired) electrons. The van der Waals surface area contributed by atoms with Gasteiger partial charge < -0.3 is 10.6 Å². The van der Waals surface area contributed by atoms with Crippen molar-refractivity contribution < 1.29 is 4.79 Å². The minimum Gasteiger partial charge on any atom is -0.355 e. The molecular formula is C14H26N2O. The summed E-state index contributed by atoms with van der Waals surface area (Å²) in [5.74, 6) is 1.22. The van der Waals surface area contributed by atoms with Gasteiger partial charge in [-0.15, -0.1) is 0 Å². The summed E-state index contributed by atoms with van der Waals surface area (Å²) in [6.07, 6.45) is 6.05. The van der Waals surface area contributed by atoms with Crippen molar-refractivity contribution in [3.8, 4) is 0 Å². The van der Waals surface area contributed by atoms with E-state index in [-0.39, 0.29) is 11.8 Å². The topological polar surface area (TPSA) is 41.1 Å². The van der Waals surface area contributed by atoms with Crippen LogP contribution in [0.3, 0.4) is 0 Å². The van der Waals surface area contributed by atoms with Crippen molar-refractivity contribution in [2.45, 2.75) is 46.0 Å². The molecule has 1 saturated heterocycles. The number of hydrogen-bond donors (Lipinski definition) is 2. The number of piperidine rings is 1. The smallest absolute Gasteiger partial charge is 0.224 e. The molecule has 1 saturated carbocycles. The van der Waals surface area contributed by atoms with Gasteiger partial charge in [-0.3, -0.25) is 4.79 Å². The summed E-state index contributed by atoms with van der Waals surface area (Å²) in [5, 5.41) is 6.48. The average Bonchev–Trinajstić information content (AvgIpc) is 3.06. The van der Waals surface area contributed by atoms with Gasteiger partial charge in [-0.2, -0.15) is 0 Å². The highest BCUT2D eigenvalue weighted by atomic mass is 16.1. The molecule has 1 aliphatic heterocycles. The minimum absolute atomic E-state index is 0.207. The van der Waals surface area contributed by atoms with Gasteiger partial charge in [-0.25, -0.2) is 0 Å². The van der Waals surface area contributed by atoms with Crippen molar-refractivity contribution in [1.82, 2.24) is 10.6 Å². The van der Waals surface area contributed by atoms with Gasteiger partial charge in [-0.1, -0.05) is 13.8 Å². The number of carbonyl (C=O) groups excluding carboxylic acids is 1. The Morgan fingerprint density at radius 2 is 2.24 bits per heavy atom. The molecule has 0 bridgehead atoms. The maximum Gasteiger partial charge on any atom is 0.224 e. The normalized spacial score (nSPS) is 26.9. The lowest BCUT2D eigenvalue weighted by atomic mass is 9.93. The summed E-state index contributed by atoms with van der Waals surface area (Å²) in [5.41, 5.74) is 0.450. The molecule has 3 heteroatoms. The number of hydrogen-bond acceptors (Lipinski definition) is 2. The summed E-state index contributed by atoms with van der Waals surface area (Å²) in [7, 11) is 0. The molecule has 1 heterocycles. The maximum absolute atomic E-state index is 12.0. The third-order valence-electron chi connectivity index (χ3n) is 4.10. The second-order valence-electron chi connectivity index (χ2n) is 6.36. The summed E-state index contributed by atoms with van der Waals surface area (Å²) < 4.78 is 0. The third-order valence-corrected chi connectivity index (χ3v) is 4.10. The van der Waals surface area contributed by atoms with Crippen molar-refractivity contribution in [3.63, 3.8) is 0 Å². The van der Waals surface area contributed by atoms with Gasteiger partial charge >= 0.3 is 0 Å². The molecule has 1 aliphatic carbocycles. The van der Waals surface area contributed by atoms with Crippen LogP contribution in [0.1, 0.15) is 46.0 Å². The van der Waals surface area contributed by atoms with Crippen LogP contribution < -0.4 is 10.6 Å². The molecule has 17 heavy (non-hydrogen) atoms. The molecular weight excluding hydrogens is 212 g/mol. The highest BCUT2D eigenvalue weighted by molar-refractivity contribution is 5.79. The molecule has 1 atom stereocenters. The fourth-order valence-corrected chi connectivity index (χ4v) is 2.99. The quantitative estimate of drug-likeness (QED) is 0.768. The Kier molecular flexibility index (Phi) is 4.08. The summed E-state index contributed by atoms with van der Waals surface area (Å²) in [6, 6.07) is 0. The molecule has 98 valence electrons. The summed E-state index contributed by atoms with van der Waals surface area (Å²) in [6.45, 7) is 7.38. The first-order valence-electron chi connectivity index (χ1n) is 7.10. The number of rotatable bonds is 5. The summed E-state index contributed by atoms with van der Waals surface area (Å²) >= 11 is 0. The van der Waals surface area contributed by atoms with Crippen LogP contribution in [0.4, 0.5) is 0 Å². The molecule has 2 N–H and O–H groups in total. The predicted octanol–water partition coefficient (Wildman–Crippen LogP) is 1.93. The Bertz CT molecular complexity index is 265. The molecule has 2 rings (SSSR count). The van der Waals surface area contributed by atoms with Gasteiger partial charge in [0.1, 0.15) is 0 Å². The molecule has 0 aromatic heterocycles. The second kappa shape index (κ2) is 5.38. The van der Waals surface area contributed by atoms with Crippen LogP contribution >= 0.6 is 0 Å². The van der Waals surface area contributed by atoms with Crippen LogP contribution in [0, 0.1) is 17.3 Å². The van der Waals surface area contributed by atoms with E-state index in [4.69, 9.17) is 0 Å². The van der Waals surface area contributed by atoms with Gasteiger partial charge in [0.2, 0.25) is 5.91 Å². The van der Waals surface area contributed by atoms with E-state index in [0.717, 1.165) is 38.4 Å². The van der Waals surface area contributed by atoms with E-state index in [1.54, 1.807) is 0 Å². The van der Waals surface area contributed by atoms with E-state index >= 15 is 0 Å². The van der Waals surface area contributed by atoms with Gasteiger partial charge in [0.15, 0.2) is 0 Å². The van der Waals surface area contributed by atoms with Crippen LogP contribution in [0.15, 0.2) is 0 Å². The first-order valence-corrected chi connectivity index (χ1v) is 7.10. The first kappa shape index (κ1) is 12.9. The molecule has 2 aliphatic rings. The lowest BCUT2D eigenvalue weighted by molar-refractivity contribution is -0.125. The van der Waals surface area contributed by atoms with Crippen LogP contribution in [0.5, 0.6) is 0 Å². The zero-order valence-electron chi connectivity index (χ0n) is 11.2. The van der Waals surface area contributed by atoms with Crippen LogP contribution in [-0.4, -0.2) is 25.5 Å². The lowest BCUT2D eigenvalue weighted by Crippen LogP contribution is -2.42. The zero-order valence-corrected chi connectivity index (χ0v) is 11.2. The second-order valence-corrected chi connectivity index (χ2v) is 6.36. The summed E-state index contributed by atoms with van der Waals surface area (Å²) in [4.78, 5) is 12.0. The molecule has 1 unspecified atom stereocenters. The van der Waals surface area contributed by atoms with Gasteiger partial charge in [0, 0.05) is 13.1 Å². The average molecular weight is 238 g/mol. The highest BCUT2D eigenvalue weighted by Gasteiger charge is 2.43. The van der Waals surface area contributed by atoms with Crippen LogP contribution in [-0.2, 0) is 4.79 Å². The third kappa shape index (κ3) is 3.70. The van der Waals surface area contributed by atoms with Gasteiger partial charge in [-0.05, 0) is 50.0 Å². The zero-order chi connectivity index (χ0) is 12.3. The molecule has 2 fully saturated rings. The Labute approximate surface area is 105 Å². The van der Waals surface area contributed by atoms with E-state index in [2.05, 4.69) is 24.5 Å². The molecule has 3 nitrogen and oxygen atoms in total. The van der Waals surface area contributed by atoms with Crippen molar-refractivity contribution in [2.75, 3.05) is 19.6 Å². The molecule has 1 amide bonds. The molecule has 0 aromatic carbocycles. The Morgan fingerprint density at radius 1 is 1.47 bits per heavy atom. The SMILES string of the molecule is CC(C)CC1(CNC(=O)C2CCCNC2)CC1. The van der Waals surface area contributed by atoms with Gasteiger partial charge in [0.25, 0.3) is 0 Å². The van der Waals surface area contributed by atoms with Crippen molar-refractivity contribution >= 4 is 5.91 Å². The molecule has 0 spiro atoms. The fraction of sp³-hybridized carbons (Fsp3) is 0.929. The van der Waals surface area contributed by atoms with Crippen molar-refractivity contribution in [1.29, 1.82) is 0 Å². The van der Waals surface area contributed by atoms with Crippen LogP contribution in [0.2, 0.25) is 0 Å². The number of carbonyl (C=O) groups is 1. The largest absolute Gasteiger partial charge is 0.355 e. The first-order chi connectivity index (χ1) is 8.11. The van der Waals surface area contributed by atoms with E-state index in [1.807, 2.05) is 0 Å². The van der Waals surface area contributed by atoms with Gasteiger partial charge in [0.05, 0.1) is 5.92 Å².